The van der Waals surface area contributed by atoms with Crippen LogP contribution >= 0.6 is 11.3 Å². The Hall–Kier alpha value is -4.56. The molecule has 0 radical (unpaired) electrons. The molecule has 0 saturated carbocycles. The van der Waals surface area contributed by atoms with Gasteiger partial charge < -0.3 is 4.42 Å². The van der Waals surface area contributed by atoms with Gasteiger partial charge in [-0.25, -0.2) is 14.5 Å². The predicted octanol–water partition coefficient (Wildman–Crippen LogP) is 5.70. The van der Waals surface area contributed by atoms with E-state index in [1.807, 2.05) is 79.0 Å². The van der Waals surface area contributed by atoms with Crippen molar-refractivity contribution in [2.75, 3.05) is 5.43 Å². The first kappa shape index (κ1) is 20.1. The van der Waals surface area contributed by atoms with Gasteiger partial charge in [-0.3, -0.25) is 5.43 Å². The Morgan fingerprint density at radius 3 is 2.65 bits per heavy atom. The fourth-order valence-corrected chi connectivity index (χ4v) is 4.52. The standard InChI is InChI=1S/C26H17N5O2S/c32-25-20(14-17-8-4-6-12-22(17)33-25)24-18(16-31(30-24)19-9-2-1-3-10-19)15-27-29-26-28-21-11-5-7-13-23(21)34-26/h1-16H,(H,28,29)/b27-15+. The predicted molar refractivity (Wildman–Crippen MR) is 136 cm³/mol. The van der Waals surface area contributed by atoms with Crippen molar-refractivity contribution in [3.05, 3.63) is 107 Å². The van der Waals surface area contributed by atoms with E-state index in [-0.39, 0.29) is 0 Å². The van der Waals surface area contributed by atoms with E-state index in [2.05, 4.69) is 15.5 Å². The van der Waals surface area contributed by atoms with Crippen LogP contribution in [0.4, 0.5) is 5.13 Å². The van der Waals surface area contributed by atoms with E-state index in [1.165, 1.54) is 11.3 Å². The summed E-state index contributed by atoms with van der Waals surface area (Å²) in [5, 5.41) is 10.6. The maximum atomic E-state index is 12.8. The summed E-state index contributed by atoms with van der Waals surface area (Å²) in [6.45, 7) is 0. The van der Waals surface area contributed by atoms with Gasteiger partial charge in [0.05, 0.1) is 27.7 Å². The smallest absolute Gasteiger partial charge is 0.345 e. The fourth-order valence-electron chi connectivity index (χ4n) is 3.71. The first-order valence-electron chi connectivity index (χ1n) is 10.6. The molecular weight excluding hydrogens is 446 g/mol. The molecule has 0 amide bonds. The highest BCUT2D eigenvalue weighted by atomic mass is 32.1. The third-order valence-corrected chi connectivity index (χ3v) is 6.26. The average molecular weight is 464 g/mol. The number of hydrogen-bond acceptors (Lipinski definition) is 7. The summed E-state index contributed by atoms with van der Waals surface area (Å²) in [7, 11) is 0. The number of aromatic nitrogens is 3. The number of nitrogens with zero attached hydrogens (tertiary/aromatic N) is 4. The van der Waals surface area contributed by atoms with Crippen LogP contribution in [-0.2, 0) is 0 Å². The molecule has 0 aliphatic rings. The number of nitrogens with one attached hydrogen (secondary N) is 1. The van der Waals surface area contributed by atoms with Crippen LogP contribution in [0.25, 0.3) is 38.1 Å². The maximum Gasteiger partial charge on any atom is 0.345 e. The number of hydrazone groups is 1. The minimum Gasteiger partial charge on any atom is -0.422 e. The van der Waals surface area contributed by atoms with E-state index in [4.69, 9.17) is 9.52 Å². The van der Waals surface area contributed by atoms with Crippen molar-refractivity contribution in [1.82, 2.24) is 14.8 Å². The van der Waals surface area contributed by atoms with Crippen molar-refractivity contribution in [3.8, 4) is 16.9 Å². The molecule has 0 saturated heterocycles. The minimum atomic E-state index is -0.453. The van der Waals surface area contributed by atoms with Crippen LogP contribution in [0, 0.1) is 0 Å². The summed E-state index contributed by atoms with van der Waals surface area (Å²) >= 11 is 1.52. The normalized spacial score (nSPS) is 11.5. The molecular formula is C26H17N5O2S. The van der Waals surface area contributed by atoms with Gasteiger partial charge in [0.1, 0.15) is 11.3 Å². The number of hydrogen-bond donors (Lipinski definition) is 1. The van der Waals surface area contributed by atoms with Gasteiger partial charge in [-0.05, 0) is 36.4 Å². The Kier molecular flexibility index (Phi) is 4.97. The van der Waals surface area contributed by atoms with E-state index >= 15 is 0 Å². The van der Waals surface area contributed by atoms with E-state index in [9.17, 15) is 4.79 Å². The molecule has 34 heavy (non-hydrogen) atoms. The third-order valence-electron chi connectivity index (χ3n) is 5.32. The van der Waals surface area contributed by atoms with Crippen LogP contribution in [0.5, 0.6) is 0 Å². The number of fused-ring (bicyclic) bond motifs is 2. The van der Waals surface area contributed by atoms with Crippen molar-refractivity contribution >= 4 is 43.9 Å². The van der Waals surface area contributed by atoms with E-state index in [0.29, 0.717) is 27.5 Å². The number of para-hydroxylation sites is 3. The molecule has 0 unspecified atom stereocenters. The van der Waals surface area contributed by atoms with Gasteiger partial charge in [-0.2, -0.15) is 10.2 Å². The first-order chi connectivity index (χ1) is 16.7. The summed E-state index contributed by atoms with van der Waals surface area (Å²) in [5.41, 5.74) is 6.38. The quantitative estimate of drug-likeness (QED) is 0.201. The van der Waals surface area contributed by atoms with Gasteiger partial charge in [-0.1, -0.05) is 59.9 Å². The monoisotopic (exact) mass is 463 g/mol. The van der Waals surface area contributed by atoms with Crippen LogP contribution in [0.1, 0.15) is 5.56 Å². The summed E-state index contributed by atoms with van der Waals surface area (Å²) in [4.78, 5) is 17.4. The highest BCUT2D eigenvalue weighted by Crippen LogP contribution is 2.26. The molecule has 0 spiro atoms. The third kappa shape index (κ3) is 3.76. The average Bonchev–Trinajstić information content (AvgIpc) is 3.48. The van der Waals surface area contributed by atoms with Crippen LogP contribution < -0.4 is 11.1 Å². The zero-order chi connectivity index (χ0) is 22.9. The number of benzene rings is 3. The van der Waals surface area contributed by atoms with E-state index in [1.54, 1.807) is 23.0 Å². The second-order valence-electron chi connectivity index (χ2n) is 7.56. The van der Waals surface area contributed by atoms with Gasteiger partial charge in [0.25, 0.3) is 0 Å². The Morgan fingerprint density at radius 2 is 1.76 bits per heavy atom. The van der Waals surface area contributed by atoms with E-state index in [0.717, 1.165) is 21.3 Å². The summed E-state index contributed by atoms with van der Waals surface area (Å²) in [5.74, 6) is 0. The SMILES string of the molecule is O=c1oc2ccccc2cc1-c1nn(-c2ccccc2)cc1/C=N/Nc1nc2ccccc2s1. The zero-order valence-corrected chi connectivity index (χ0v) is 18.6. The molecule has 0 bridgehead atoms. The summed E-state index contributed by atoms with van der Waals surface area (Å²) in [6, 6.07) is 26.8. The van der Waals surface area contributed by atoms with Crippen molar-refractivity contribution < 1.29 is 4.42 Å². The molecule has 6 rings (SSSR count). The molecule has 0 fully saturated rings. The molecule has 7 nitrogen and oxygen atoms in total. The van der Waals surface area contributed by atoms with Gasteiger partial charge in [0.15, 0.2) is 0 Å². The fraction of sp³-hybridized carbons (Fsp3) is 0. The molecule has 1 N–H and O–H groups in total. The Labute approximate surface area is 197 Å². The largest absolute Gasteiger partial charge is 0.422 e. The number of anilines is 1. The first-order valence-corrected chi connectivity index (χ1v) is 11.4. The van der Waals surface area contributed by atoms with Gasteiger partial charge in [0.2, 0.25) is 5.13 Å². The molecule has 3 aromatic carbocycles. The molecule has 8 heteroatoms. The highest BCUT2D eigenvalue weighted by Gasteiger charge is 2.16. The zero-order valence-electron chi connectivity index (χ0n) is 17.8. The second-order valence-corrected chi connectivity index (χ2v) is 8.59. The lowest BCUT2D eigenvalue weighted by Gasteiger charge is -2.01. The van der Waals surface area contributed by atoms with Crippen molar-refractivity contribution in [2.45, 2.75) is 0 Å². The minimum absolute atomic E-state index is 0.370. The number of thiazole rings is 1. The van der Waals surface area contributed by atoms with Crippen LogP contribution in [-0.4, -0.2) is 21.0 Å². The summed E-state index contributed by atoms with van der Waals surface area (Å²) < 4.78 is 8.35. The molecule has 164 valence electrons. The van der Waals surface area contributed by atoms with Crippen LogP contribution in [0.2, 0.25) is 0 Å². The van der Waals surface area contributed by atoms with E-state index < -0.39 is 5.63 Å². The Morgan fingerprint density at radius 1 is 0.971 bits per heavy atom. The molecule has 3 heterocycles. The van der Waals surface area contributed by atoms with Crippen LogP contribution in [0.15, 0.2) is 105 Å². The Balaban J connectivity index is 1.42. The molecule has 0 atom stereocenters. The van der Waals surface area contributed by atoms with Crippen molar-refractivity contribution in [3.63, 3.8) is 0 Å². The topological polar surface area (TPSA) is 85.3 Å². The van der Waals surface area contributed by atoms with Crippen LogP contribution in [0.3, 0.4) is 0 Å². The van der Waals surface area contributed by atoms with Crippen molar-refractivity contribution in [2.24, 2.45) is 5.10 Å². The number of rotatable bonds is 5. The lowest BCUT2D eigenvalue weighted by atomic mass is 10.1. The lowest BCUT2D eigenvalue weighted by Crippen LogP contribution is -2.05. The maximum absolute atomic E-state index is 12.8. The molecule has 6 aromatic rings. The Bertz CT molecular complexity index is 1680. The molecule has 3 aromatic heterocycles. The van der Waals surface area contributed by atoms with Gasteiger partial charge >= 0.3 is 5.63 Å². The molecule has 0 aliphatic carbocycles. The lowest BCUT2D eigenvalue weighted by molar-refractivity contribution is 0.563. The second kappa shape index (κ2) is 8.42. The van der Waals surface area contributed by atoms with Gasteiger partial charge in [0, 0.05) is 17.1 Å². The highest BCUT2D eigenvalue weighted by molar-refractivity contribution is 7.22. The summed E-state index contributed by atoms with van der Waals surface area (Å²) in [6.07, 6.45) is 3.48. The molecule has 0 aliphatic heterocycles. The van der Waals surface area contributed by atoms with Crippen molar-refractivity contribution in [1.29, 1.82) is 0 Å². The van der Waals surface area contributed by atoms with Gasteiger partial charge in [-0.15, -0.1) is 0 Å².